The summed E-state index contributed by atoms with van der Waals surface area (Å²) in [5.41, 5.74) is 1.57. The summed E-state index contributed by atoms with van der Waals surface area (Å²) in [6.07, 6.45) is 0. The number of nitrogens with zero attached hydrogens (tertiary/aromatic N) is 2. The number of aryl methyl sites for hydroxylation is 1. The lowest BCUT2D eigenvalue weighted by atomic mass is 10.2. The molecular weight excluding hydrogens is 250 g/mol. The van der Waals surface area contributed by atoms with Gasteiger partial charge in [0.05, 0.1) is 5.56 Å². The number of thioether (sulfide) groups is 2. The van der Waals surface area contributed by atoms with E-state index >= 15 is 0 Å². The van der Waals surface area contributed by atoms with E-state index in [2.05, 4.69) is 16.4 Å². The third-order valence-corrected chi connectivity index (χ3v) is 5.38. The first-order valence-electron chi connectivity index (χ1n) is 5.60. The number of pyridine rings is 1. The number of anilines is 1. The van der Waals surface area contributed by atoms with Crippen molar-refractivity contribution in [3.63, 3.8) is 0 Å². The minimum atomic E-state index is 0.627. The van der Waals surface area contributed by atoms with E-state index in [0.29, 0.717) is 10.8 Å². The third-order valence-electron chi connectivity index (χ3n) is 2.54. The molecule has 0 bridgehead atoms. The molecule has 1 aliphatic rings. The molecule has 0 amide bonds. The van der Waals surface area contributed by atoms with Crippen LogP contribution in [0.1, 0.15) is 11.3 Å². The van der Waals surface area contributed by atoms with Crippen LogP contribution in [-0.4, -0.2) is 34.0 Å². The van der Waals surface area contributed by atoms with E-state index in [4.69, 9.17) is 5.26 Å². The van der Waals surface area contributed by atoms with E-state index in [1.165, 1.54) is 17.3 Å². The summed E-state index contributed by atoms with van der Waals surface area (Å²) in [6, 6.07) is 5.87. The minimum Gasteiger partial charge on any atom is -0.368 e. The molecule has 0 radical (unpaired) electrons. The van der Waals surface area contributed by atoms with Crippen molar-refractivity contribution in [3.05, 3.63) is 23.4 Å². The third kappa shape index (κ3) is 3.55. The van der Waals surface area contributed by atoms with Gasteiger partial charge in [-0.25, -0.2) is 4.98 Å². The van der Waals surface area contributed by atoms with Crippen LogP contribution in [0.2, 0.25) is 0 Å². The van der Waals surface area contributed by atoms with Crippen molar-refractivity contribution in [1.82, 2.24) is 4.98 Å². The Morgan fingerprint density at radius 3 is 3.12 bits per heavy atom. The van der Waals surface area contributed by atoms with Crippen LogP contribution in [-0.2, 0) is 0 Å². The fourth-order valence-corrected chi connectivity index (χ4v) is 4.26. The molecular formula is C12H15N3S2. The SMILES string of the molecule is Cc1ccc(C#N)c(NCC2CSCCS2)n1. The van der Waals surface area contributed by atoms with Crippen molar-refractivity contribution in [3.8, 4) is 6.07 Å². The molecule has 1 aromatic rings. The van der Waals surface area contributed by atoms with Crippen molar-refractivity contribution in [1.29, 1.82) is 5.26 Å². The quantitative estimate of drug-likeness (QED) is 0.910. The van der Waals surface area contributed by atoms with Crippen LogP contribution < -0.4 is 5.32 Å². The van der Waals surface area contributed by atoms with Gasteiger partial charge in [0.2, 0.25) is 0 Å². The maximum absolute atomic E-state index is 9.01. The smallest absolute Gasteiger partial charge is 0.144 e. The minimum absolute atomic E-state index is 0.627. The molecule has 1 fully saturated rings. The van der Waals surface area contributed by atoms with Gasteiger partial charge in [-0.2, -0.15) is 28.8 Å². The second kappa shape index (κ2) is 6.18. The van der Waals surface area contributed by atoms with Crippen molar-refractivity contribution < 1.29 is 0 Å². The van der Waals surface area contributed by atoms with Gasteiger partial charge in [0.25, 0.3) is 0 Å². The van der Waals surface area contributed by atoms with Crippen molar-refractivity contribution in [2.45, 2.75) is 12.2 Å². The maximum Gasteiger partial charge on any atom is 0.144 e. The number of hydrogen-bond donors (Lipinski definition) is 1. The van der Waals surface area contributed by atoms with Crippen molar-refractivity contribution in [2.24, 2.45) is 0 Å². The van der Waals surface area contributed by atoms with E-state index in [1.54, 1.807) is 0 Å². The molecule has 5 heteroatoms. The monoisotopic (exact) mass is 265 g/mol. The van der Waals surface area contributed by atoms with Crippen LogP contribution in [0.15, 0.2) is 12.1 Å². The van der Waals surface area contributed by atoms with Gasteiger partial charge in [0.1, 0.15) is 11.9 Å². The average molecular weight is 265 g/mol. The molecule has 0 aromatic carbocycles. The highest BCUT2D eigenvalue weighted by Crippen LogP contribution is 2.24. The summed E-state index contributed by atoms with van der Waals surface area (Å²) in [5, 5.41) is 12.9. The van der Waals surface area contributed by atoms with E-state index in [0.717, 1.165) is 18.1 Å². The van der Waals surface area contributed by atoms with Gasteiger partial charge in [-0.15, -0.1) is 0 Å². The Morgan fingerprint density at radius 1 is 1.53 bits per heavy atom. The summed E-state index contributed by atoms with van der Waals surface area (Å²) in [4.78, 5) is 4.38. The average Bonchev–Trinajstić information content (AvgIpc) is 2.38. The van der Waals surface area contributed by atoms with Crippen LogP contribution in [0.5, 0.6) is 0 Å². The Kier molecular flexibility index (Phi) is 4.57. The van der Waals surface area contributed by atoms with Gasteiger partial charge < -0.3 is 5.32 Å². The number of hydrogen-bond acceptors (Lipinski definition) is 5. The molecule has 1 N–H and O–H groups in total. The lowest BCUT2D eigenvalue weighted by Crippen LogP contribution is -2.23. The Hall–Kier alpha value is -0.860. The fourth-order valence-electron chi connectivity index (χ4n) is 1.65. The number of nitrogens with one attached hydrogen (secondary N) is 1. The first-order chi connectivity index (χ1) is 8.29. The standard InChI is InChI=1S/C12H15N3S2/c1-9-2-3-10(6-13)12(15-9)14-7-11-8-16-4-5-17-11/h2-3,11H,4-5,7-8H2,1H3,(H,14,15). The summed E-state index contributed by atoms with van der Waals surface area (Å²) >= 11 is 4.01. The predicted octanol–water partition coefficient (Wildman–Crippen LogP) is 2.52. The highest BCUT2D eigenvalue weighted by molar-refractivity contribution is 8.06. The van der Waals surface area contributed by atoms with E-state index in [1.807, 2.05) is 42.6 Å². The number of rotatable bonds is 3. The number of aromatic nitrogens is 1. The second-order valence-electron chi connectivity index (χ2n) is 3.91. The van der Waals surface area contributed by atoms with E-state index in [-0.39, 0.29) is 0 Å². The zero-order valence-corrected chi connectivity index (χ0v) is 11.4. The van der Waals surface area contributed by atoms with Crippen LogP contribution >= 0.6 is 23.5 Å². The predicted molar refractivity (Wildman–Crippen MR) is 75.7 cm³/mol. The molecule has 1 unspecified atom stereocenters. The van der Waals surface area contributed by atoms with E-state index in [9.17, 15) is 0 Å². The zero-order valence-electron chi connectivity index (χ0n) is 9.77. The van der Waals surface area contributed by atoms with Crippen LogP contribution in [0.25, 0.3) is 0 Å². The van der Waals surface area contributed by atoms with Gasteiger partial charge in [-0.1, -0.05) is 0 Å². The molecule has 90 valence electrons. The van der Waals surface area contributed by atoms with Crippen molar-refractivity contribution in [2.75, 3.05) is 29.1 Å². The molecule has 3 nitrogen and oxygen atoms in total. The van der Waals surface area contributed by atoms with Gasteiger partial charge >= 0.3 is 0 Å². The summed E-state index contributed by atoms with van der Waals surface area (Å²) in [6.45, 7) is 2.83. The molecule has 0 aliphatic carbocycles. The topological polar surface area (TPSA) is 48.7 Å². The van der Waals surface area contributed by atoms with Gasteiger partial charge in [0.15, 0.2) is 0 Å². The van der Waals surface area contributed by atoms with Gasteiger partial charge in [-0.05, 0) is 19.1 Å². The molecule has 1 saturated heterocycles. The van der Waals surface area contributed by atoms with Crippen molar-refractivity contribution >= 4 is 29.3 Å². The molecule has 1 aromatic heterocycles. The largest absolute Gasteiger partial charge is 0.368 e. The zero-order chi connectivity index (χ0) is 12.1. The summed E-state index contributed by atoms with van der Waals surface area (Å²) in [5.74, 6) is 4.39. The lowest BCUT2D eigenvalue weighted by Gasteiger charge is -2.21. The second-order valence-corrected chi connectivity index (χ2v) is 6.47. The van der Waals surface area contributed by atoms with Crippen LogP contribution in [0, 0.1) is 18.3 Å². The highest BCUT2D eigenvalue weighted by Gasteiger charge is 2.14. The maximum atomic E-state index is 9.01. The van der Waals surface area contributed by atoms with Crippen LogP contribution in [0.3, 0.4) is 0 Å². The fraction of sp³-hybridized carbons (Fsp3) is 0.500. The molecule has 1 aliphatic heterocycles. The lowest BCUT2D eigenvalue weighted by molar-refractivity contribution is 0.987. The molecule has 2 rings (SSSR count). The molecule has 0 spiro atoms. The molecule has 17 heavy (non-hydrogen) atoms. The summed E-state index contributed by atoms with van der Waals surface area (Å²) < 4.78 is 0. The van der Waals surface area contributed by atoms with Gasteiger partial charge in [-0.3, -0.25) is 0 Å². The Balaban J connectivity index is 1.98. The molecule has 0 saturated carbocycles. The first-order valence-corrected chi connectivity index (χ1v) is 7.81. The first kappa shape index (κ1) is 12.6. The number of nitriles is 1. The molecule has 1 atom stereocenters. The summed E-state index contributed by atoms with van der Waals surface area (Å²) in [7, 11) is 0. The Bertz CT molecular complexity index is 422. The Morgan fingerprint density at radius 2 is 2.41 bits per heavy atom. The van der Waals surface area contributed by atoms with Gasteiger partial charge in [0, 0.05) is 34.7 Å². The van der Waals surface area contributed by atoms with E-state index < -0.39 is 0 Å². The highest BCUT2D eigenvalue weighted by atomic mass is 32.2. The normalized spacial score (nSPS) is 19.6. The van der Waals surface area contributed by atoms with Crippen LogP contribution in [0.4, 0.5) is 5.82 Å². The molecule has 2 heterocycles. The Labute approximate surface area is 110 Å².